The van der Waals surface area contributed by atoms with Gasteiger partial charge >= 0.3 is 5.97 Å². The maximum atomic E-state index is 12.2. The van der Waals surface area contributed by atoms with E-state index in [-0.39, 0.29) is 5.97 Å². The first kappa shape index (κ1) is 20.4. The van der Waals surface area contributed by atoms with Crippen molar-refractivity contribution >= 4 is 5.97 Å². The molecule has 126 valence electrons. The normalized spacial score (nSPS) is 15.0. The molecule has 0 bridgehead atoms. The van der Waals surface area contributed by atoms with Crippen LogP contribution in [-0.4, -0.2) is 49.7 Å². The van der Waals surface area contributed by atoms with Crippen molar-refractivity contribution in [2.24, 2.45) is 5.41 Å². The van der Waals surface area contributed by atoms with Crippen LogP contribution >= 0.6 is 0 Å². The molecule has 1 unspecified atom stereocenters. The van der Waals surface area contributed by atoms with Crippen LogP contribution < -0.4 is 5.32 Å². The Hall–Kier alpha value is -0.610. The average Bonchev–Trinajstić information content (AvgIpc) is 2.34. The predicted molar refractivity (Wildman–Crippen MR) is 89.5 cm³/mol. The monoisotopic (exact) mass is 300 g/mol. The Morgan fingerprint density at radius 2 is 1.81 bits per heavy atom. The van der Waals surface area contributed by atoms with E-state index in [1.165, 1.54) is 0 Å². The number of nitrogens with one attached hydrogen (secondary N) is 1. The van der Waals surface area contributed by atoms with Crippen LogP contribution in [0.1, 0.15) is 60.8 Å². The van der Waals surface area contributed by atoms with Crippen molar-refractivity contribution in [3.63, 3.8) is 0 Å². The molecule has 0 heterocycles. The van der Waals surface area contributed by atoms with E-state index in [1.807, 2.05) is 13.8 Å². The van der Waals surface area contributed by atoms with E-state index in [0.717, 1.165) is 38.9 Å². The molecule has 0 saturated heterocycles. The molecule has 0 aliphatic rings. The standard InChI is InChI=1S/C17H36N2O2/c1-8-12-18-17(6,15(20)21-9-2)11-10-13-19(7)14-16(3,4)5/h18H,8-14H2,1-7H3. The maximum absolute atomic E-state index is 12.2. The van der Waals surface area contributed by atoms with E-state index in [9.17, 15) is 4.79 Å². The highest BCUT2D eigenvalue weighted by molar-refractivity contribution is 5.80. The van der Waals surface area contributed by atoms with Crippen LogP contribution in [0.25, 0.3) is 0 Å². The van der Waals surface area contributed by atoms with Crippen molar-refractivity contribution < 1.29 is 9.53 Å². The summed E-state index contributed by atoms with van der Waals surface area (Å²) in [6, 6.07) is 0. The minimum atomic E-state index is -0.561. The van der Waals surface area contributed by atoms with Gasteiger partial charge in [-0.15, -0.1) is 0 Å². The molecule has 0 radical (unpaired) electrons. The highest BCUT2D eigenvalue weighted by Crippen LogP contribution is 2.18. The van der Waals surface area contributed by atoms with Crippen molar-refractivity contribution in [1.82, 2.24) is 10.2 Å². The van der Waals surface area contributed by atoms with Gasteiger partial charge in [0.2, 0.25) is 0 Å². The summed E-state index contributed by atoms with van der Waals surface area (Å²) >= 11 is 0. The number of hydrogen-bond acceptors (Lipinski definition) is 4. The van der Waals surface area contributed by atoms with Crippen LogP contribution in [0, 0.1) is 5.41 Å². The van der Waals surface area contributed by atoms with E-state index in [0.29, 0.717) is 12.0 Å². The fourth-order valence-corrected chi connectivity index (χ4v) is 2.55. The summed E-state index contributed by atoms with van der Waals surface area (Å²) in [4.78, 5) is 14.5. The molecular formula is C17H36N2O2. The molecular weight excluding hydrogens is 264 g/mol. The third-order valence-electron chi connectivity index (χ3n) is 3.45. The second-order valence-corrected chi connectivity index (χ2v) is 7.38. The number of nitrogens with zero attached hydrogens (tertiary/aromatic N) is 1. The van der Waals surface area contributed by atoms with Crippen LogP contribution in [0.4, 0.5) is 0 Å². The number of hydrogen-bond donors (Lipinski definition) is 1. The van der Waals surface area contributed by atoms with Gasteiger partial charge in [-0.25, -0.2) is 0 Å². The summed E-state index contributed by atoms with van der Waals surface area (Å²) in [5, 5.41) is 3.36. The summed E-state index contributed by atoms with van der Waals surface area (Å²) in [6.45, 7) is 16.0. The van der Waals surface area contributed by atoms with Gasteiger partial charge < -0.3 is 15.0 Å². The summed E-state index contributed by atoms with van der Waals surface area (Å²) in [6.07, 6.45) is 2.80. The molecule has 0 aromatic heterocycles. The SMILES string of the molecule is CCCNC(C)(CCCN(C)CC(C)(C)C)C(=O)OCC. The first-order valence-electron chi connectivity index (χ1n) is 8.25. The molecule has 1 N–H and O–H groups in total. The number of carbonyl (C=O) groups excluding carboxylic acids is 1. The molecule has 0 aliphatic heterocycles. The van der Waals surface area contributed by atoms with Gasteiger partial charge in [0.15, 0.2) is 0 Å². The molecule has 0 aromatic rings. The second kappa shape index (κ2) is 9.42. The number of esters is 1. The van der Waals surface area contributed by atoms with Crippen molar-refractivity contribution in [3.8, 4) is 0 Å². The number of carbonyl (C=O) groups is 1. The van der Waals surface area contributed by atoms with E-state index in [4.69, 9.17) is 4.74 Å². The molecule has 1 atom stereocenters. The van der Waals surface area contributed by atoms with Gasteiger partial charge in [-0.2, -0.15) is 0 Å². The molecule has 4 heteroatoms. The van der Waals surface area contributed by atoms with Crippen LogP contribution in [0.3, 0.4) is 0 Å². The lowest BCUT2D eigenvalue weighted by molar-refractivity contribution is -0.150. The van der Waals surface area contributed by atoms with Crippen molar-refractivity contribution in [2.75, 3.05) is 33.3 Å². The highest BCUT2D eigenvalue weighted by Gasteiger charge is 2.33. The minimum Gasteiger partial charge on any atom is -0.465 e. The van der Waals surface area contributed by atoms with Gasteiger partial charge in [-0.3, -0.25) is 4.79 Å². The predicted octanol–water partition coefficient (Wildman–Crippen LogP) is 3.07. The largest absolute Gasteiger partial charge is 0.465 e. The Balaban J connectivity index is 4.38. The Bertz CT molecular complexity index is 300. The smallest absolute Gasteiger partial charge is 0.326 e. The molecule has 0 aliphatic carbocycles. The van der Waals surface area contributed by atoms with E-state index < -0.39 is 5.54 Å². The quantitative estimate of drug-likeness (QED) is 0.630. The average molecular weight is 300 g/mol. The molecule has 0 spiro atoms. The zero-order valence-electron chi connectivity index (χ0n) is 15.2. The van der Waals surface area contributed by atoms with Gasteiger partial charge in [0.1, 0.15) is 5.54 Å². The van der Waals surface area contributed by atoms with E-state index >= 15 is 0 Å². The minimum absolute atomic E-state index is 0.128. The molecule has 0 saturated carbocycles. The van der Waals surface area contributed by atoms with Crippen LogP contribution in [0.2, 0.25) is 0 Å². The third kappa shape index (κ3) is 9.10. The summed E-state index contributed by atoms with van der Waals surface area (Å²) < 4.78 is 5.23. The fourth-order valence-electron chi connectivity index (χ4n) is 2.55. The zero-order valence-corrected chi connectivity index (χ0v) is 15.2. The topological polar surface area (TPSA) is 41.6 Å². The number of ether oxygens (including phenoxy) is 1. The van der Waals surface area contributed by atoms with Gasteiger partial charge in [0.05, 0.1) is 6.61 Å². The third-order valence-corrected chi connectivity index (χ3v) is 3.45. The maximum Gasteiger partial charge on any atom is 0.326 e. The van der Waals surface area contributed by atoms with Crippen molar-refractivity contribution in [3.05, 3.63) is 0 Å². The van der Waals surface area contributed by atoms with Crippen LogP contribution in [0.15, 0.2) is 0 Å². The first-order chi connectivity index (χ1) is 9.64. The molecule has 0 fully saturated rings. The van der Waals surface area contributed by atoms with Gasteiger partial charge in [0, 0.05) is 6.54 Å². The summed E-state index contributed by atoms with van der Waals surface area (Å²) in [5.41, 5.74) is -0.256. The molecule has 4 nitrogen and oxygen atoms in total. The van der Waals surface area contributed by atoms with E-state index in [2.05, 4.69) is 45.0 Å². The van der Waals surface area contributed by atoms with Crippen molar-refractivity contribution in [1.29, 1.82) is 0 Å². The van der Waals surface area contributed by atoms with Gasteiger partial charge in [-0.1, -0.05) is 27.7 Å². The summed E-state index contributed by atoms with van der Waals surface area (Å²) in [7, 11) is 2.15. The van der Waals surface area contributed by atoms with E-state index in [1.54, 1.807) is 0 Å². The first-order valence-corrected chi connectivity index (χ1v) is 8.25. The molecule has 0 rings (SSSR count). The van der Waals surface area contributed by atoms with Gasteiger partial charge in [-0.05, 0) is 58.7 Å². The fraction of sp³-hybridized carbons (Fsp3) is 0.941. The van der Waals surface area contributed by atoms with Crippen molar-refractivity contribution in [2.45, 2.75) is 66.3 Å². The van der Waals surface area contributed by atoms with Crippen LogP contribution in [0.5, 0.6) is 0 Å². The summed E-state index contributed by atoms with van der Waals surface area (Å²) in [5.74, 6) is -0.128. The Labute approximate surface area is 131 Å². The molecule has 21 heavy (non-hydrogen) atoms. The Morgan fingerprint density at radius 3 is 2.29 bits per heavy atom. The lowest BCUT2D eigenvalue weighted by Crippen LogP contribution is -2.51. The second-order valence-electron chi connectivity index (χ2n) is 7.38. The Kier molecular flexibility index (Phi) is 9.14. The molecule has 0 amide bonds. The lowest BCUT2D eigenvalue weighted by atomic mass is 9.94. The number of rotatable bonds is 10. The van der Waals surface area contributed by atoms with Gasteiger partial charge in [0.25, 0.3) is 0 Å². The lowest BCUT2D eigenvalue weighted by Gasteiger charge is -2.30. The zero-order chi connectivity index (χ0) is 16.5. The highest BCUT2D eigenvalue weighted by atomic mass is 16.5. The molecule has 0 aromatic carbocycles. The Morgan fingerprint density at radius 1 is 1.19 bits per heavy atom. The van der Waals surface area contributed by atoms with Crippen LogP contribution in [-0.2, 0) is 9.53 Å².